The van der Waals surface area contributed by atoms with Crippen LogP contribution in [0, 0.1) is 24.7 Å². The van der Waals surface area contributed by atoms with Crippen molar-refractivity contribution in [2.75, 3.05) is 5.90 Å². The van der Waals surface area contributed by atoms with Crippen LogP contribution in [0.2, 0.25) is 0 Å². The Balaban J connectivity index is 0.000000159. The zero-order valence-corrected chi connectivity index (χ0v) is 43.1. The maximum Gasteiger partial charge on any atom is 1.00 e. The molecule has 0 unspecified atom stereocenters. The van der Waals surface area contributed by atoms with E-state index in [0.29, 0.717) is 0 Å². The Bertz CT molecular complexity index is 2190. The number of rotatable bonds is 6. The van der Waals surface area contributed by atoms with Crippen molar-refractivity contribution >= 4 is 59.5 Å². The molecule has 4 aliphatic rings. The molecule has 10 rings (SSSR count). The number of aryl methyl sites for hydroxylation is 2. The summed E-state index contributed by atoms with van der Waals surface area (Å²) in [5, 5.41) is 4.85. The molecule has 0 aliphatic heterocycles. The smallest absolute Gasteiger partial charge is 0.366 e. The van der Waals surface area contributed by atoms with Crippen LogP contribution in [0.15, 0.2) is 84.9 Å². The van der Waals surface area contributed by atoms with Gasteiger partial charge in [-0.05, 0) is 126 Å². The number of benzene rings is 4. The summed E-state index contributed by atoms with van der Waals surface area (Å²) in [5.41, 5.74) is 11.4. The van der Waals surface area contributed by atoms with Crippen LogP contribution in [0.4, 0.5) is 0 Å². The van der Waals surface area contributed by atoms with E-state index in [1.54, 1.807) is 128 Å². The first-order valence-electron chi connectivity index (χ1n) is 23.5. The van der Waals surface area contributed by atoms with Crippen LogP contribution in [0.1, 0.15) is 140 Å². The number of hydrogen-bond acceptors (Lipinski definition) is 0. The summed E-state index contributed by atoms with van der Waals surface area (Å²) in [6.07, 6.45) is 46.4. The van der Waals surface area contributed by atoms with Gasteiger partial charge in [-0.15, -0.1) is 35.4 Å². The Kier molecular flexibility index (Phi) is 18.8. The summed E-state index contributed by atoms with van der Waals surface area (Å²) < 4.78 is 4.36. The molecule has 4 fully saturated rings. The van der Waals surface area contributed by atoms with Crippen LogP contribution >= 0.6 is 15.8 Å². The van der Waals surface area contributed by atoms with Gasteiger partial charge in [0.15, 0.2) is 5.90 Å². The summed E-state index contributed by atoms with van der Waals surface area (Å²) in [6.45, 7) is 0. The van der Waals surface area contributed by atoms with Crippen LogP contribution in [0.25, 0.3) is 43.6 Å². The fourth-order valence-corrected chi connectivity index (χ4v) is 24.3. The maximum absolute atomic E-state index is 7.18. The molecule has 0 atom stereocenters. The molecular formula is C55H68Au2N2P2+2. The molecule has 2 heterocycles. The largest absolute Gasteiger partial charge is 1.00 e. The van der Waals surface area contributed by atoms with E-state index in [4.69, 9.17) is 12.8 Å². The predicted octanol–water partition coefficient (Wildman–Crippen LogP) is 15.2. The van der Waals surface area contributed by atoms with Crippen LogP contribution < -0.4 is 0 Å². The van der Waals surface area contributed by atoms with E-state index < -0.39 is 0 Å². The van der Waals surface area contributed by atoms with Crippen molar-refractivity contribution < 1.29 is 44.8 Å². The van der Waals surface area contributed by atoms with E-state index in [2.05, 4.69) is 59.3 Å². The Morgan fingerprint density at radius 3 is 1.03 bits per heavy atom. The van der Waals surface area contributed by atoms with E-state index in [1.807, 2.05) is 66.6 Å². The van der Waals surface area contributed by atoms with Gasteiger partial charge in [0.1, 0.15) is 0 Å². The standard InChI is InChI=1S/C25H46P2.2C15H10N.2Au/c1-5-13-22(14-6-1)26(23-15-7-2-8-16-23)21-27(24-17-9-3-10-18-24)25-19-11-4-12-20-25;2*1-3-11-8-9-15-13(10-11)12-6-4-5-7-14(12)16(15)2;;/h22-25H,1-21H2;2*4-10H,2H3;;/q;2*-1;2*+1/p+2. The number of hydrogen-bond donors (Lipinski definition) is 0. The van der Waals surface area contributed by atoms with Gasteiger partial charge in [-0.2, -0.15) is 0 Å². The molecule has 0 radical (unpaired) electrons. The fourth-order valence-electron chi connectivity index (χ4n) is 11.9. The summed E-state index contributed by atoms with van der Waals surface area (Å²) in [4.78, 5) is 0. The maximum atomic E-state index is 7.18. The van der Waals surface area contributed by atoms with Crippen molar-refractivity contribution in [3.05, 3.63) is 109 Å². The molecule has 0 N–H and O–H groups in total. The monoisotopic (exact) mass is 1210 g/mol. The molecule has 2 nitrogen and oxygen atoms in total. The molecule has 2 aromatic heterocycles. The molecular weight excluding hydrogens is 1140 g/mol. The van der Waals surface area contributed by atoms with Crippen molar-refractivity contribution in [1.29, 1.82) is 0 Å². The second kappa shape index (κ2) is 23.7. The number of para-hydroxylation sites is 2. The van der Waals surface area contributed by atoms with Gasteiger partial charge in [-0.3, -0.25) is 11.8 Å². The van der Waals surface area contributed by atoms with Crippen LogP contribution in [-0.4, -0.2) is 37.7 Å². The average Bonchev–Trinajstić information content (AvgIpc) is 3.77. The van der Waals surface area contributed by atoms with Crippen molar-refractivity contribution in [2.24, 2.45) is 14.1 Å². The Morgan fingerprint density at radius 1 is 0.426 bits per heavy atom. The van der Waals surface area contributed by atoms with Gasteiger partial charge in [0, 0.05) is 62.8 Å². The third kappa shape index (κ3) is 11.4. The molecule has 61 heavy (non-hydrogen) atoms. The topological polar surface area (TPSA) is 9.86 Å². The number of aromatic nitrogens is 2. The van der Waals surface area contributed by atoms with Gasteiger partial charge in [-0.1, -0.05) is 74.2 Å². The Hall–Kier alpha value is -2.06. The van der Waals surface area contributed by atoms with Gasteiger partial charge in [-0.25, -0.2) is 0 Å². The van der Waals surface area contributed by atoms with E-state index in [9.17, 15) is 0 Å². The second-order valence-corrected chi connectivity index (χ2v) is 25.5. The SMILES string of the molecule is C1CCC([PH+](C[PH+](C2CCCCC2)C2CCCCC2)C2CCCCC2)CC1.[Au+].[Au+].[C-]#Cc1ccc2c(c1)c1ccccc1n2C.[C-]#Cc1ccc2c(c1)c1ccccc1n2C. The van der Waals surface area contributed by atoms with Crippen molar-refractivity contribution in [2.45, 2.75) is 151 Å². The first kappa shape index (κ1) is 48.4. The molecule has 6 aromatic rings. The van der Waals surface area contributed by atoms with Crippen LogP contribution in [0.3, 0.4) is 0 Å². The fraction of sp³-hybridized carbons (Fsp3) is 0.491. The van der Waals surface area contributed by atoms with Gasteiger partial charge in [0.2, 0.25) is 0 Å². The Morgan fingerprint density at radius 2 is 0.721 bits per heavy atom. The predicted molar refractivity (Wildman–Crippen MR) is 262 cm³/mol. The summed E-state index contributed by atoms with van der Waals surface area (Å²) in [7, 11) is 3.94. The first-order valence-corrected chi connectivity index (χ1v) is 27.3. The quantitative estimate of drug-likeness (QED) is 0.0681. The summed E-state index contributed by atoms with van der Waals surface area (Å²) in [6, 6.07) is 28.6. The average molecular weight is 1210 g/mol. The molecule has 0 amide bonds. The number of nitrogens with zero attached hydrogens (tertiary/aromatic N) is 2. The van der Waals surface area contributed by atoms with E-state index >= 15 is 0 Å². The third-order valence-electron chi connectivity index (χ3n) is 15.0. The van der Waals surface area contributed by atoms with E-state index in [0.717, 1.165) is 11.1 Å². The van der Waals surface area contributed by atoms with Gasteiger partial charge >= 0.3 is 44.8 Å². The molecule has 4 aliphatic carbocycles. The van der Waals surface area contributed by atoms with E-state index in [1.165, 1.54) is 66.2 Å². The molecule has 0 spiro atoms. The minimum absolute atomic E-state index is 0. The molecule has 4 saturated carbocycles. The number of fused-ring (bicyclic) bond motifs is 6. The first-order chi connectivity index (χ1) is 29.0. The summed E-state index contributed by atoms with van der Waals surface area (Å²) >= 11 is 0. The van der Waals surface area contributed by atoms with Gasteiger partial charge < -0.3 is 22.0 Å². The molecule has 6 heteroatoms. The molecule has 0 saturated heterocycles. The minimum Gasteiger partial charge on any atom is -0.366 e. The third-order valence-corrected chi connectivity index (χ3v) is 24.8. The zero-order valence-electron chi connectivity index (χ0n) is 36.7. The van der Waals surface area contributed by atoms with Gasteiger partial charge in [0.05, 0.1) is 22.6 Å². The van der Waals surface area contributed by atoms with Crippen LogP contribution in [0.5, 0.6) is 0 Å². The van der Waals surface area contributed by atoms with E-state index in [-0.39, 0.29) is 60.6 Å². The van der Waals surface area contributed by atoms with Crippen molar-refractivity contribution in [3.63, 3.8) is 0 Å². The van der Waals surface area contributed by atoms with Crippen molar-refractivity contribution in [3.8, 4) is 11.8 Å². The van der Waals surface area contributed by atoms with Crippen molar-refractivity contribution in [1.82, 2.24) is 9.13 Å². The Labute approximate surface area is 402 Å². The summed E-state index contributed by atoms with van der Waals surface area (Å²) in [5.74, 6) is 6.73. The molecule has 4 aromatic carbocycles. The van der Waals surface area contributed by atoms with Crippen LogP contribution in [-0.2, 0) is 58.9 Å². The zero-order chi connectivity index (χ0) is 40.6. The second-order valence-electron chi connectivity index (χ2n) is 18.5. The normalized spacial score (nSPS) is 18.1. The van der Waals surface area contributed by atoms with Gasteiger partial charge in [0.25, 0.3) is 0 Å². The molecule has 0 bridgehead atoms. The molecule has 328 valence electrons. The minimum atomic E-state index is -0.0959.